The van der Waals surface area contributed by atoms with Crippen molar-refractivity contribution in [3.63, 3.8) is 0 Å². The Morgan fingerprint density at radius 2 is 2.06 bits per heavy atom. The fourth-order valence-corrected chi connectivity index (χ4v) is 2.15. The van der Waals surface area contributed by atoms with Gasteiger partial charge < -0.3 is 11.5 Å². The van der Waals surface area contributed by atoms with Crippen molar-refractivity contribution in [3.8, 4) is 0 Å². The normalized spacial score (nSPS) is 11.6. The average molecular weight is 258 g/mol. The van der Waals surface area contributed by atoms with Gasteiger partial charge in [-0.3, -0.25) is 0 Å². The molecule has 1 aromatic carbocycles. The van der Waals surface area contributed by atoms with Crippen LogP contribution >= 0.6 is 0 Å². The van der Waals surface area contributed by atoms with Gasteiger partial charge in [-0.15, -0.1) is 5.10 Å². The molecule has 0 aliphatic carbocycles. The first-order chi connectivity index (χ1) is 7.82. The molecule has 4 N–H and O–H groups in total. The van der Waals surface area contributed by atoms with Crippen molar-refractivity contribution in [2.24, 2.45) is 21.7 Å². The average Bonchev–Trinajstić information content (AvgIpc) is 2.14. The van der Waals surface area contributed by atoms with Crippen LogP contribution in [0.15, 0.2) is 33.3 Å². The summed E-state index contributed by atoms with van der Waals surface area (Å²) in [6.07, 6.45) is 1.97. The third-order valence-corrected chi connectivity index (χ3v) is 2.91. The maximum absolute atomic E-state index is 13.4. The lowest BCUT2D eigenvalue weighted by atomic mass is 10.2. The predicted octanol–water partition coefficient (Wildman–Crippen LogP) is -0.163. The molecule has 1 rings (SSSR count). The van der Waals surface area contributed by atoms with E-state index in [-0.39, 0.29) is 11.5 Å². The van der Waals surface area contributed by atoms with Crippen LogP contribution in [0.25, 0.3) is 0 Å². The lowest BCUT2D eigenvalue weighted by molar-refractivity contribution is 0.570. The second-order valence-electron chi connectivity index (χ2n) is 3.20. The van der Waals surface area contributed by atoms with Crippen molar-refractivity contribution < 1.29 is 12.8 Å². The lowest BCUT2D eigenvalue weighted by Crippen LogP contribution is -2.21. The van der Waals surface area contributed by atoms with Gasteiger partial charge in [-0.2, -0.15) is 5.10 Å². The summed E-state index contributed by atoms with van der Waals surface area (Å²) >= 11 is 0. The van der Waals surface area contributed by atoms with Crippen molar-refractivity contribution >= 4 is 22.0 Å². The van der Waals surface area contributed by atoms with Gasteiger partial charge in [-0.1, -0.05) is 12.1 Å². The first-order valence-electron chi connectivity index (χ1n) is 4.43. The van der Waals surface area contributed by atoms with E-state index < -0.39 is 20.5 Å². The van der Waals surface area contributed by atoms with Crippen LogP contribution < -0.4 is 11.5 Å². The van der Waals surface area contributed by atoms with Crippen molar-refractivity contribution in [3.05, 3.63) is 29.6 Å². The Morgan fingerprint density at radius 1 is 1.41 bits per heavy atom. The fraction of sp³-hybridized carbons (Fsp3) is 0.111. The van der Waals surface area contributed by atoms with Crippen LogP contribution in [0.1, 0.15) is 5.56 Å². The second kappa shape index (κ2) is 4.91. The number of rotatable bonds is 3. The Kier molecular flexibility index (Phi) is 3.79. The summed E-state index contributed by atoms with van der Waals surface area (Å²) in [7, 11) is -3.69. The molecule has 0 unspecified atom stereocenters. The van der Waals surface area contributed by atoms with Crippen molar-refractivity contribution in [2.45, 2.75) is 4.90 Å². The summed E-state index contributed by atoms with van der Waals surface area (Å²) in [5.74, 6) is -1.13. The molecule has 0 saturated carbocycles. The second-order valence-corrected chi connectivity index (χ2v) is 5.15. The number of sulfone groups is 1. The molecule has 0 radical (unpaired) electrons. The zero-order chi connectivity index (χ0) is 13.1. The molecule has 1 aromatic rings. The summed E-state index contributed by atoms with van der Waals surface area (Å²) in [5, 5.41) is 6.74. The van der Waals surface area contributed by atoms with Crippen LogP contribution in [-0.4, -0.2) is 26.8 Å². The maximum Gasteiger partial charge on any atom is 0.211 e. The summed E-state index contributed by atoms with van der Waals surface area (Å²) in [4.78, 5) is -0.436. The molecule has 0 amide bonds. The van der Waals surface area contributed by atoms with Gasteiger partial charge in [0.05, 0.1) is 6.21 Å². The summed E-state index contributed by atoms with van der Waals surface area (Å²) < 4.78 is 36.2. The van der Waals surface area contributed by atoms with Crippen LogP contribution in [-0.2, 0) is 9.84 Å². The molecule has 0 bridgehead atoms. The number of benzene rings is 1. The van der Waals surface area contributed by atoms with E-state index in [4.69, 9.17) is 11.5 Å². The van der Waals surface area contributed by atoms with Crippen LogP contribution in [0.5, 0.6) is 0 Å². The first-order valence-corrected chi connectivity index (χ1v) is 6.32. The van der Waals surface area contributed by atoms with E-state index in [9.17, 15) is 12.8 Å². The van der Waals surface area contributed by atoms with Gasteiger partial charge in [0.15, 0.2) is 9.84 Å². The summed E-state index contributed by atoms with van der Waals surface area (Å²) in [6.45, 7) is 0. The molecule has 0 aliphatic heterocycles. The Bertz CT molecular complexity index is 577. The van der Waals surface area contributed by atoms with Crippen LogP contribution in [0.2, 0.25) is 0 Å². The van der Waals surface area contributed by atoms with Gasteiger partial charge in [0.1, 0.15) is 10.7 Å². The highest BCUT2D eigenvalue weighted by atomic mass is 32.2. The highest BCUT2D eigenvalue weighted by Gasteiger charge is 2.17. The topological polar surface area (TPSA) is 111 Å². The Morgan fingerprint density at radius 3 is 2.59 bits per heavy atom. The van der Waals surface area contributed by atoms with E-state index >= 15 is 0 Å². The highest BCUT2D eigenvalue weighted by Crippen LogP contribution is 2.18. The van der Waals surface area contributed by atoms with E-state index in [2.05, 4.69) is 10.2 Å². The van der Waals surface area contributed by atoms with E-state index in [1.165, 1.54) is 12.1 Å². The van der Waals surface area contributed by atoms with Gasteiger partial charge in [0.25, 0.3) is 0 Å². The number of nitrogens with zero attached hydrogens (tertiary/aromatic N) is 2. The number of guanidine groups is 1. The van der Waals surface area contributed by atoms with E-state index in [1.807, 2.05) is 0 Å². The van der Waals surface area contributed by atoms with E-state index in [0.717, 1.165) is 18.5 Å². The Hall–Kier alpha value is -1.96. The lowest BCUT2D eigenvalue weighted by Gasteiger charge is -2.03. The Balaban J connectivity index is 3.31. The summed E-state index contributed by atoms with van der Waals surface area (Å²) in [6, 6.07) is 3.81. The maximum atomic E-state index is 13.4. The molecule has 92 valence electrons. The fourth-order valence-electron chi connectivity index (χ4n) is 1.18. The molecule has 0 saturated heterocycles. The molecule has 0 atom stereocenters. The number of nitrogens with two attached hydrogens (primary N) is 2. The molecule has 0 fully saturated rings. The number of hydrogen-bond donors (Lipinski definition) is 2. The molecule has 0 aliphatic rings. The summed E-state index contributed by atoms with van der Waals surface area (Å²) in [5.41, 5.74) is 10.1. The first kappa shape index (κ1) is 13.1. The monoisotopic (exact) mass is 258 g/mol. The highest BCUT2D eigenvalue weighted by molar-refractivity contribution is 7.90. The molecular formula is C9H11FN4O2S. The molecule has 17 heavy (non-hydrogen) atoms. The van der Waals surface area contributed by atoms with Crippen LogP contribution in [0.4, 0.5) is 4.39 Å². The van der Waals surface area contributed by atoms with Gasteiger partial charge in [0.2, 0.25) is 5.96 Å². The van der Waals surface area contributed by atoms with Gasteiger partial charge >= 0.3 is 0 Å². The van der Waals surface area contributed by atoms with E-state index in [0.29, 0.717) is 0 Å². The zero-order valence-electron chi connectivity index (χ0n) is 8.96. The third kappa shape index (κ3) is 3.52. The van der Waals surface area contributed by atoms with Crippen LogP contribution in [0, 0.1) is 5.82 Å². The third-order valence-electron chi connectivity index (χ3n) is 1.74. The van der Waals surface area contributed by atoms with E-state index in [1.54, 1.807) is 0 Å². The molecule has 0 spiro atoms. The SMILES string of the molecule is CS(=O)(=O)c1c(F)cccc1C=NN=C(N)N. The quantitative estimate of drug-likeness (QED) is 0.445. The predicted molar refractivity (Wildman–Crippen MR) is 62.9 cm³/mol. The number of halogens is 1. The number of hydrogen-bond acceptors (Lipinski definition) is 4. The zero-order valence-corrected chi connectivity index (χ0v) is 9.78. The van der Waals surface area contributed by atoms with Gasteiger partial charge in [0, 0.05) is 11.8 Å². The van der Waals surface area contributed by atoms with Gasteiger partial charge in [-0.25, -0.2) is 12.8 Å². The standard InChI is InChI=1S/C9H11FN4O2S/c1-17(15,16)8-6(3-2-4-7(8)10)5-13-14-9(11)12/h2-5H,1H3,(H4,11,12,14). The molecule has 6 nitrogen and oxygen atoms in total. The minimum absolute atomic E-state index is 0.0810. The van der Waals surface area contributed by atoms with Crippen molar-refractivity contribution in [1.82, 2.24) is 0 Å². The minimum Gasteiger partial charge on any atom is -0.369 e. The molecule has 0 heterocycles. The van der Waals surface area contributed by atoms with Crippen molar-refractivity contribution in [2.75, 3.05) is 6.26 Å². The minimum atomic E-state index is -3.69. The smallest absolute Gasteiger partial charge is 0.211 e. The molecule has 8 heteroatoms. The Labute approximate surface area is 97.8 Å². The largest absolute Gasteiger partial charge is 0.369 e. The molecular weight excluding hydrogens is 247 g/mol. The van der Waals surface area contributed by atoms with Gasteiger partial charge in [-0.05, 0) is 6.07 Å². The van der Waals surface area contributed by atoms with Crippen LogP contribution in [0.3, 0.4) is 0 Å². The molecule has 0 aromatic heterocycles. The van der Waals surface area contributed by atoms with Crippen molar-refractivity contribution in [1.29, 1.82) is 0 Å².